The molecule has 6 nitrogen and oxygen atoms in total. The number of carbonyl (C=O) groups excluding carboxylic acids is 1. The highest BCUT2D eigenvalue weighted by Crippen LogP contribution is 2.29. The zero-order chi connectivity index (χ0) is 11.7. The van der Waals surface area contributed by atoms with E-state index in [1.54, 1.807) is 11.3 Å². The normalized spacial score (nSPS) is 14.4. The van der Waals surface area contributed by atoms with Crippen molar-refractivity contribution in [2.24, 2.45) is 0 Å². The number of aryl methyl sites for hydroxylation is 2. The molecule has 1 amide bonds. The summed E-state index contributed by atoms with van der Waals surface area (Å²) in [5.74, 6) is -0.273. The van der Waals surface area contributed by atoms with Gasteiger partial charge in [0.25, 0.3) is 5.91 Å². The van der Waals surface area contributed by atoms with Crippen molar-refractivity contribution >= 4 is 22.4 Å². The number of rotatable bonds is 2. The van der Waals surface area contributed by atoms with Gasteiger partial charge in [0, 0.05) is 4.88 Å². The largest absolute Gasteiger partial charge is 0.296 e. The summed E-state index contributed by atoms with van der Waals surface area (Å²) in [7, 11) is 0. The molecule has 1 aliphatic carbocycles. The van der Waals surface area contributed by atoms with Crippen molar-refractivity contribution in [3.05, 3.63) is 22.5 Å². The Labute approximate surface area is 101 Å². The molecular weight excluding hydrogens is 238 g/mol. The minimum absolute atomic E-state index is 0.273. The van der Waals surface area contributed by atoms with E-state index in [2.05, 4.69) is 25.7 Å². The molecule has 0 aromatic carbocycles. The molecule has 0 bridgehead atoms. The maximum absolute atomic E-state index is 11.7. The van der Waals surface area contributed by atoms with Crippen molar-refractivity contribution in [3.8, 4) is 0 Å². The molecule has 88 valence electrons. The molecule has 0 saturated carbocycles. The number of anilines is 1. The van der Waals surface area contributed by atoms with Crippen LogP contribution in [0, 0.1) is 0 Å². The van der Waals surface area contributed by atoms with Gasteiger partial charge in [-0.05, 0) is 25.7 Å². The van der Waals surface area contributed by atoms with Crippen LogP contribution in [0.2, 0.25) is 0 Å². The van der Waals surface area contributed by atoms with Crippen LogP contribution in [-0.2, 0) is 12.8 Å². The van der Waals surface area contributed by atoms with Gasteiger partial charge in [0.1, 0.15) is 0 Å². The summed E-state index contributed by atoms with van der Waals surface area (Å²) < 4.78 is 0. The molecule has 2 heterocycles. The fourth-order valence-corrected chi connectivity index (χ4v) is 2.92. The van der Waals surface area contributed by atoms with Crippen LogP contribution in [-0.4, -0.2) is 26.3 Å². The lowest BCUT2D eigenvalue weighted by molar-refractivity contribution is 0.102. The Morgan fingerprint density at radius 1 is 1.41 bits per heavy atom. The molecule has 0 aliphatic heterocycles. The first-order valence-corrected chi connectivity index (χ1v) is 6.30. The van der Waals surface area contributed by atoms with Crippen molar-refractivity contribution in [1.29, 1.82) is 0 Å². The van der Waals surface area contributed by atoms with E-state index in [0.29, 0.717) is 5.13 Å². The molecule has 2 aromatic rings. The summed E-state index contributed by atoms with van der Waals surface area (Å²) >= 11 is 1.56. The van der Waals surface area contributed by atoms with Crippen molar-refractivity contribution < 1.29 is 4.79 Å². The molecule has 0 unspecified atom stereocenters. The van der Waals surface area contributed by atoms with Gasteiger partial charge < -0.3 is 0 Å². The molecule has 17 heavy (non-hydrogen) atoms. The van der Waals surface area contributed by atoms with Crippen LogP contribution in [0.5, 0.6) is 0 Å². The quantitative estimate of drug-likeness (QED) is 0.842. The number of fused-ring (bicyclic) bond motifs is 1. The summed E-state index contributed by atoms with van der Waals surface area (Å²) in [6.07, 6.45) is 5.89. The lowest BCUT2D eigenvalue weighted by Crippen LogP contribution is -2.12. The molecule has 0 radical (unpaired) electrons. The third-order valence-corrected chi connectivity index (χ3v) is 3.79. The summed E-state index contributed by atoms with van der Waals surface area (Å²) in [6, 6.07) is 0. The number of H-pyrrole nitrogens is 1. The third-order valence-electron chi connectivity index (χ3n) is 2.71. The Morgan fingerprint density at radius 3 is 3.06 bits per heavy atom. The standard InChI is InChI=1S/C10H11N5OS/c16-9(7-5-11-15-14-7)13-10-12-6-3-1-2-4-8(6)17-10/h5H,1-4H2,(H,11,14,15)(H,12,13,16). The van der Waals surface area contributed by atoms with E-state index in [1.165, 1.54) is 23.9 Å². The lowest BCUT2D eigenvalue weighted by Gasteiger charge is -2.06. The van der Waals surface area contributed by atoms with Crippen molar-refractivity contribution in [2.75, 3.05) is 5.32 Å². The summed E-state index contributed by atoms with van der Waals surface area (Å²) in [4.78, 5) is 17.4. The number of hydrogen-bond donors (Lipinski definition) is 2. The fraction of sp³-hybridized carbons (Fsp3) is 0.400. The molecule has 2 N–H and O–H groups in total. The molecule has 0 spiro atoms. The molecule has 0 atom stereocenters. The van der Waals surface area contributed by atoms with E-state index in [-0.39, 0.29) is 11.6 Å². The number of thiazole rings is 1. The highest BCUT2D eigenvalue weighted by Gasteiger charge is 2.17. The molecule has 2 aromatic heterocycles. The number of hydrogen-bond acceptors (Lipinski definition) is 5. The summed E-state index contributed by atoms with van der Waals surface area (Å²) in [5.41, 5.74) is 1.41. The van der Waals surface area contributed by atoms with Gasteiger partial charge in [0.05, 0.1) is 11.9 Å². The SMILES string of the molecule is O=C(Nc1nc2c(s1)CCCC2)c1cn[nH]n1. The zero-order valence-electron chi connectivity index (χ0n) is 9.06. The predicted molar refractivity (Wildman–Crippen MR) is 63.1 cm³/mol. The van der Waals surface area contributed by atoms with E-state index < -0.39 is 0 Å². The number of aromatic nitrogens is 4. The average Bonchev–Trinajstić information content (AvgIpc) is 2.97. The Balaban J connectivity index is 1.77. The van der Waals surface area contributed by atoms with Gasteiger partial charge in [0.2, 0.25) is 0 Å². The van der Waals surface area contributed by atoms with E-state index in [4.69, 9.17) is 0 Å². The number of nitrogens with zero attached hydrogens (tertiary/aromatic N) is 3. The molecule has 1 aliphatic rings. The second kappa shape index (κ2) is 4.25. The van der Waals surface area contributed by atoms with Crippen molar-refractivity contribution in [3.63, 3.8) is 0 Å². The molecule has 0 saturated heterocycles. The topological polar surface area (TPSA) is 83.6 Å². The maximum atomic E-state index is 11.7. The monoisotopic (exact) mass is 249 g/mol. The second-order valence-electron chi connectivity index (χ2n) is 3.91. The highest BCUT2D eigenvalue weighted by molar-refractivity contribution is 7.15. The van der Waals surface area contributed by atoms with Gasteiger partial charge in [-0.3, -0.25) is 10.1 Å². The first kappa shape index (κ1) is 10.4. The van der Waals surface area contributed by atoms with Crippen LogP contribution in [0.3, 0.4) is 0 Å². The molecule has 7 heteroatoms. The Bertz CT molecular complexity index is 509. The van der Waals surface area contributed by atoms with E-state index in [1.807, 2.05) is 0 Å². The van der Waals surface area contributed by atoms with Gasteiger partial charge in [-0.25, -0.2) is 4.98 Å². The minimum Gasteiger partial charge on any atom is -0.296 e. The van der Waals surface area contributed by atoms with Gasteiger partial charge in [-0.2, -0.15) is 15.4 Å². The lowest BCUT2D eigenvalue weighted by atomic mass is 10.0. The Kier molecular flexibility index (Phi) is 2.60. The smallest absolute Gasteiger partial charge is 0.279 e. The van der Waals surface area contributed by atoms with E-state index in [0.717, 1.165) is 18.5 Å². The van der Waals surface area contributed by atoms with Crippen LogP contribution < -0.4 is 5.32 Å². The van der Waals surface area contributed by atoms with Crippen LogP contribution in [0.1, 0.15) is 33.9 Å². The predicted octanol–water partition coefficient (Wildman–Crippen LogP) is 1.39. The van der Waals surface area contributed by atoms with Crippen LogP contribution in [0.4, 0.5) is 5.13 Å². The zero-order valence-corrected chi connectivity index (χ0v) is 9.88. The highest BCUT2D eigenvalue weighted by atomic mass is 32.1. The number of carbonyl (C=O) groups is 1. The number of amides is 1. The maximum Gasteiger partial charge on any atom is 0.279 e. The first-order chi connectivity index (χ1) is 8.33. The summed E-state index contributed by atoms with van der Waals surface area (Å²) in [6.45, 7) is 0. The van der Waals surface area contributed by atoms with Crippen LogP contribution in [0.25, 0.3) is 0 Å². The van der Waals surface area contributed by atoms with E-state index >= 15 is 0 Å². The third kappa shape index (κ3) is 2.05. The van der Waals surface area contributed by atoms with Crippen molar-refractivity contribution in [1.82, 2.24) is 20.4 Å². The molecule has 3 rings (SSSR count). The first-order valence-electron chi connectivity index (χ1n) is 5.48. The molecule has 0 fully saturated rings. The number of nitrogens with one attached hydrogen (secondary N) is 2. The Hall–Kier alpha value is -1.76. The molecular formula is C10H11N5OS. The minimum atomic E-state index is -0.273. The summed E-state index contributed by atoms with van der Waals surface area (Å²) in [5, 5.41) is 13.1. The van der Waals surface area contributed by atoms with Gasteiger partial charge >= 0.3 is 0 Å². The van der Waals surface area contributed by atoms with Gasteiger partial charge in [0.15, 0.2) is 10.8 Å². The number of aromatic amines is 1. The van der Waals surface area contributed by atoms with Crippen molar-refractivity contribution in [2.45, 2.75) is 25.7 Å². The second-order valence-corrected chi connectivity index (χ2v) is 4.99. The fourth-order valence-electron chi connectivity index (χ4n) is 1.88. The van der Waals surface area contributed by atoms with Crippen LogP contribution in [0.15, 0.2) is 6.20 Å². The Morgan fingerprint density at radius 2 is 2.29 bits per heavy atom. The van der Waals surface area contributed by atoms with Gasteiger partial charge in [-0.15, -0.1) is 11.3 Å². The van der Waals surface area contributed by atoms with E-state index in [9.17, 15) is 4.79 Å². The van der Waals surface area contributed by atoms with Gasteiger partial charge in [-0.1, -0.05) is 0 Å². The average molecular weight is 249 g/mol. The van der Waals surface area contributed by atoms with Crippen LogP contribution >= 0.6 is 11.3 Å².